The molecule has 0 unspecified atom stereocenters. The fraction of sp³-hybridized carbons (Fsp3) is 0.900. The van der Waals surface area contributed by atoms with Crippen molar-refractivity contribution in [1.29, 1.82) is 0 Å². The van der Waals surface area contributed by atoms with Crippen LogP contribution in [0, 0.1) is 0 Å². The molecule has 0 bridgehead atoms. The Morgan fingerprint density at radius 2 is 1.24 bits per heavy atom. The van der Waals surface area contributed by atoms with Crippen LogP contribution in [0.3, 0.4) is 0 Å². The Labute approximate surface area is 101 Å². The van der Waals surface area contributed by atoms with Crippen molar-refractivity contribution >= 4 is 6.16 Å². The Balaban J connectivity index is 2.91. The molecule has 0 heterocycles. The standard InChI is InChI=1S/C10H20O7/c1-13-2-3-14-4-5-15-6-7-16-8-9-17-10(11)12/h2-9H2,1H3,(H,11,12). The van der Waals surface area contributed by atoms with Gasteiger partial charge in [0, 0.05) is 7.11 Å². The lowest BCUT2D eigenvalue weighted by Gasteiger charge is -2.06. The molecule has 7 nitrogen and oxygen atoms in total. The lowest BCUT2D eigenvalue weighted by Crippen LogP contribution is -2.13. The SMILES string of the molecule is COCCOCCOCCOCCOC(=O)O. The van der Waals surface area contributed by atoms with Crippen molar-refractivity contribution in [2.24, 2.45) is 0 Å². The Morgan fingerprint density at radius 1 is 0.824 bits per heavy atom. The molecule has 0 spiro atoms. The van der Waals surface area contributed by atoms with Crippen molar-refractivity contribution < 1.29 is 33.6 Å². The summed E-state index contributed by atoms with van der Waals surface area (Å²) in [5.74, 6) is 0. The van der Waals surface area contributed by atoms with Crippen LogP contribution in [0.15, 0.2) is 0 Å². The first kappa shape index (κ1) is 16.1. The molecule has 0 fully saturated rings. The molecular weight excluding hydrogens is 232 g/mol. The average molecular weight is 252 g/mol. The summed E-state index contributed by atoms with van der Waals surface area (Å²) in [7, 11) is 1.62. The van der Waals surface area contributed by atoms with E-state index in [1.54, 1.807) is 7.11 Å². The summed E-state index contributed by atoms with van der Waals surface area (Å²) in [5.41, 5.74) is 0. The maximum absolute atomic E-state index is 9.96. The van der Waals surface area contributed by atoms with Crippen LogP contribution in [0.1, 0.15) is 0 Å². The quantitative estimate of drug-likeness (QED) is 0.397. The Morgan fingerprint density at radius 3 is 1.65 bits per heavy atom. The zero-order valence-corrected chi connectivity index (χ0v) is 10.1. The van der Waals surface area contributed by atoms with Crippen molar-refractivity contribution in [3.63, 3.8) is 0 Å². The third-order valence-electron chi connectivity index (χ3n) is 1.63. The summed E-state index contributed by atoms with van der Waals surface area (Å²) < 4.78 is 24.5. The third-order valence-corrected chi connectivity index (χ3v) is 1.63. The van der Waals surface area contributed by atoms with Gasteiger partial charge in [-0.05, 0) is 0 Å². The minimum absolute atomic E-state index is 0.0372. The van der Waals surface area contributed by atoms with Gasteiger partial charge >= 0.3 is 6.16 Å². The molecule has 0 aromatic heterocycles. The Kier molecular flexibility index (Phi) is 12.5. The molecule has 7 heteroatoms. The van der Waals surface area contributed by atoms with E-state index in [2.05, 4.69) is 4.74 Å². The van der Waals surface area contributed by atoms with Gasteiger partial charge in [-0.15, -0.1) is 0 Å². The van der Waals surface area contributed by atoms with Gasteiger partial charge in [0.25, 0.3) is 0 Å². The molecule has 0 atom stereocenters. The predicted octanol–water partition coefficient (Wildman–Crippen LogP) is 0.377. The molecule has 17 heavy (non-hydrogen) atoms. The maximum atomic E-state index is 9.96. The monoisotopic (exact) mass is 252 g/mol. The van der Waals surface area contributed by atoms with Crippen LogP contribution in [0.5, 0.6) is 0 Å². The fourth-order valence-corrected chi connectivity index (χ4v) is 0.872. The van der Waals surface area contributed by atoms with E-state index in [0.717, 1.165) is 0 Å². The van der Waals surface area contributed by atoms with Crippen molar-refractivity contribution in [2.45, 2.75) is 0 Å². The van der Waals surface area contributed by atoms with E-state index in [-0.39, 0.29) is 13.2 Å². The highest BCUT2D eigenvalue weighted by atomic mass is 16.7. The lowest BCUT2D eigenvalue weighted by atomic mass is 10.7. The third kappa shape index (κ3) is 15.1. The molecule has 0 saturated carbocycles. The number of carbonyl (C=O) groups is 1. The number of hydrogen-bond acceptors (Lipinski definition) is 6. The number of rotatable bonds is 12. The summed E-state index contributed by atoms with van der Waals surface area (Å²) in [5, 5.41) is 8.15. The molecule has 0 saturated heterocycles. The highest BCUT2D eigenvalue weighted by Gasteiger charge is 1.95. The first-order valence-corrected chi connectivity index (χ1v) is 5.35. The molecule has 0 aliphatic heterocycles. The Hall–Kier alpha value is -0.890. The van der Waals surface area contributed by atoms with Gasteiger partial charge in [0.1, 0.15) is 6.61 Å². The number of carboxylic acid groups (broad SMARTS) is 1. The van der Waals surface area contributed by atoms with Gasteiger partial charge in [-0.2, -0.15) is 0 Å². The molecule has 0 aliphatic rings. The van der Waals surface area contributed by atoms with Crippen LogP contribution in [0.25, 0.3) is 0 Å². The number of methoxy groups -OCH3 is 1. The molecular formula is C10H20O7. The predicted molar refractivity (Wildman–Crippen MR) is 58.3 cm³/mol. The van der Waals surface area contributed by atoms with E-state index >= 15 is 0 Å². The molecule has 102 valence electrons. The first-order chi connectivity index (χ1) is 8.27. The van der Waals surface area contributed by atoms with Gasteiger partial charge in [-0.3, -0.25) is 0 Å². The highest BCUT2D eigenvalue weighted by molar-refractivity contribution is 5.56. The van der Waals surface area contributed by atoms with E-state index in [1.807, 2.05) is 0 Å². The molecule has 0 aromatic rings. The van der Waals surface area contributed by atoms with Crippen LogP contribution in [0.2, 0.25) is 0 Å². The van der Waals surface area contributed by atoms with Gasteiger partial charge in [0.15, 0.2) is 0 Å². The van der Waals surface area contributed by atoms with E-state index in [4.69, 9.17) is 24.1 Å². The van der Waals surface area contributed by atoms with E-state index in [1.165, 1.54) is 0 Å². The molecule has 0 aromatic carbocycles. The zero-order valence-electron chi connectivity index (χ0n) is 10.1. The van der Waals surface area contributed by atoms with Crippen molar-refractivity contribution in [1.82, 2.24) is 0 Å². The minimum Gasteiger partial charge on any atom is -0.450 e. The van der Waals surface area contributed by atoms with Gasteiger partial charge in [-0.25, -0.2) is 4.79 Å². The van der Waals surface area contributed by atoms with Crippen molar-refractivity contribution in [3.8, 4) is 0 Å². The maximum Gasteiger partial charge on any atom is 0.505 e. The van der Waals surface area contributed by atoms with Crippen molar-refractivity contribution in [3.05, 3.63) is 0 Å². The van der Waals surface area contributed by atoms with Crippen LogP contribution in [-0.4, -0.2) is 71.2 Å². The largest absolute Gasteiger partial charge is 0.505 e. The Bertz CT molecular complexity index is 174. The van der Waals surface area contributed by atoms with Crippen LogP contribution >= 0.6 is 0 Å². The fourth-order valence-electron chi connectivity index (χ4n) is 0.872. The topological polar surface area (TPSA) is 83.5 Å². The molecule has 1 N–H and O–H groups in total. The van der Waals surface area contributed by atoms with Gasteiger partial charge in [-0.1, -0.05) is 0 Å². The minimum atomic E-state index is -1.29. The zero-order chi connectivity index (χ0) is 12.8. The summed E-state index contributed by atoms with van der Waals surface area (Å²) in [4.78, 5) is 9.96. The smallest absolute Gasteiger partial charge is 0.450 e. The second-order valence-corrected chi connectivity index (χ2v) is 2.94. The van der Waals surface area contributed by atoms with E-state index in [0.29, 0.717) is 39.6 Å². The van der Waals surface area contributed by atoms with Gasteiger partial charge in [0.2, 0.25) is 0 Å². The molecule has 0 radical (unpaired) electrons. The van der Waals surface area contributed by atoms with Crippen molar-refractivity contribution in [2.75, 3.05) is 60.0 Å². The van der Waals surface area contributed by atoms with Crippen LogP contribution < -0.4 is 0 Å². The van der Waals surface area contributed by atoms with Crippen LogP contribution in [0.4, 0.5) is 4.79 Å². The number of hydrogen-bond donors (Lipinski definition) is 1. The highest BCUT2D eigenvalue weighted by Crippen LogP contribution is 1.83. The summed E-state index contributed by atoms with van der Waals surface area (Å²) >= 11 is 0. The number of ether oxygens (including phenoxy) is 5. The normalized spacial score (nSPS) is 10.4. The lowest BCUT2D eigenvalue weighted by molar-refractivity contribution is -0.00509. The first-order valence-electron chi connectivity index (χ1n) is 5.35. The summed E-state index contributed by atoms with van der Waals surface area (Å²) in [6.45, 7) is 3.27. The average Bonchev–Trinajstić information content (AvgIpc) is 2.30. The summed E-state index contributed by atoms with van der Waals surface area (Å²) in [6, 6.07) is 0. The molecule has 0 rings (SSSR count). The second kappa shape index (κ2) is 13.2. The summed E-state index contributed by atoms with van der Waals surface area (Å²) in [6.07, 6.45) is -1.29. The second-order valence-electron chi connectivity index (χ2n) is 2.94. The van der Waals surface area contributed by atoms with Gasteiger partial charge < -0.3 is 28.8 Å². The molecule has 0 amide bonds. The van der Waals surface area contributed by atoms with E-state index in [9.17, 15) is 4.79 Å². The van der Waals surface area contributed by atoms with Gasteiger partial charge in [0.05, 0.1) is 46.2 Å². The van der Waals surface area contributed by atoms with E-state index < -0.39 is 6.16 Å². The molecule has 0 aliphatic carbocycles. The van der Waals surface area contributed by atoms with Crippen LogP contribution in [-0.2, 0) is 23.7 Å².